The van der Waals surface area contributed by atoms with Crippen molar-refractivity contribution in [1.82, 2.24) is 14.5 Å². The number of carboxylic acid groups (broad SMARTS) is 1. The second kappa shape index (κ2) is 7.78. The molecule has 1 saturated heterocycles. The monoisotopic (exact) mass is 461 g/mol. The molecule has 1 aliphatic carbocycles. The van der Waals surface area contributed by atoms with Crippen LogP contribution in [0.2, 0.25) is 0 Å². The predicted molar refractivity (Wildman–Crippen MR) is 110 cm³/mol. The SMILES string of the molecule is O=C([O-])N1CC2(C1)C(=O)N(Cc1nc3c(n1CCCC(F)(F)F)CCCC3)c1ccccc12. The van der Waals surface area contributed by atoms with Gasteiger partial charge in [-0.1, -0.05) is 18.2 Å². The Morgan fingerprint density at radius 1 is 1.15 bits per heavy atom. The van der Waals surface area contributed by atoms with E-state index >= 15 is 0 Å². The lowest BCUT2D eigenvalue weighted by Gasteiger charge is -2.48. The third kappa shape index (κ3) is 3.65. The maximum absolute atomic E-state index is 13.5. The van der Waals surface area contributed by atoms with Gasteiger partial charge in [0.25, 0.3) is 0 Å². The molecule has 0 radical (unpaired) electrons. The Bertz CT molecular complexity index is 1100. The largest absolute Gasteiger partial charge is 0.530 e. The van der Waals surface area contributed by atoms with Crippen molar-refractivity contribution in [1.29, 1.82) is 0 Å². The number of imidazole rings is 1. The molecule has 7 nitrogen and oxygen atoms in total. The molecular formula is C23H24F3N4O3-. The maximum atomic E-state index is 13.5. The summed E-state index contributed by atoms with van der Waals surface area (Å²) in [6.07, 6.45) is -2.94. The lowest BCUT2D eigenvalue weighted by atomic mass is 9.75. The molecule has 5 rings (SSSR count). The van der Waals surface area contributed by atoms with Gasteiger partial charge in [0.1, 0.15) is 17.3 Å². The molecule has 1 aromatic heterocycles. The van der Waals surface area contributed by atoms with Crippen LogP contribution in [0.1, 0.15) is 48.5 Å². The molecular weight excluding hydrogens is 437 g/mol. The zero-order valence-corrected chi connectivity index (χ0v) is 18.0. The number of likely N-dealkylation sites (tertiary alicyclic amines) is 1. The van der Waals surface area contributed by atoms with Crippen LogP contribution in [0.25, 0.3) is 0 Å². The summed E-state index contributed by atoms with van der Waals surface area (Å²) < 4.78 is 40.1. The van der Waals surface area contributed by atoms with Crippen LogP contribution < -0.4 is 10.0 Å². The number of halogens is 3. The lowest BCUT2D eigenvalue weighted by molar-refractivity contribution is -0.272. The molecule has 2 aromatic rings. The first-order chi connectivity index (χ1) is 15.7. The number of carbonyl (C=O) groups excluding carboxylic acids is 2. The van der Waals surface area contributed by atoms with E-state index in [1.165, 1.54) is 0 Å². The molecule has 1 spiro atoms. The summed E-state index contributed by atoms with van der Waals surface area (Å²) in [7, 11) is 0. The zero-order valence-electron chi connectivity index (χ0n) is 18.0. The molecule has 3 aliphatic rings. The Balaban J connectivity index is 1.45. The summed E-state index contributed by atoms with van der Waals surface area (Å²) >= 11 is 0. The number of aromatic nitrogens is 2. The second-order valence-corrected chi connectivity index (χ2v) is 9.11. The number of para-hydroxylation sites is 1. The minimum Gasteiger partial charge on any atom is -0.530 e. The number of anilines is 1. The predicted octanol–water partition coefficient (Wildman–Crippen LogP) is 2.55. The second-order valence-electron chi connectivity index (χ2n) is 9.11. The van der Waals surface area contributed by atoms with Crippen LogP contribution in [0.15, 0.2) is 24.3 Å². The normalized spacial score (nSPS) is 18.9. The van der Waals surface area contributed by atoms with Gasteiger partial charge in [-0.2, -0.15) is 13.2 Å². The average molecular weight is 461 g/mol. The van der Waals surface area contributed by atoms with Crippen molar-refractivity contribution in [2.24, 2.45) is 0 Å². The number of aryl methyl sites for hydroxylation is 1. The zero-order chi connectivity index (χ0) is 23.4. The van der Waals surface area contributed by atoms with Gasteiger partial charge in [0.2, 0.25) is 5.91 Å². The highest BCUT2D eigenvalue weighted by Crippen LogP contribution is 2.47. The van der Waals surface area contributed by atoms with E-state index in [1.807, 2.05) is 28.8 Å². The summed E-state index contributed by atoms with van der Waals surface area (Å²) in [4.78, 5) is 32.2. The number of alkyl halides is 3. The van der Waals surface area contributed by atoms with Crippen molar-refractivity contribution in [2.75, 3.05) is 18.0 Å². The van der Waals surface area contributed by atoms with E-state index < -0.39 is 24.1 Å². The van der Waals surface area contributed by atoms with E-state index in [1.54, 1.807) is 4.90 Å². The third-order valence-corrected chi connectivity index (χ3v) is 7.00. The minimum atomic E-state index is -4.22. The summed E-state index contributed by atoms with van der Waals surface area (Å²) in [5.74, 6) is 0.379. The van der Waals surface area contributed by atoms with Gasteiger partial charge < -0.3 is 24.3 Å². The first-order valence-corrected chi connectivity index (χ1v) is 11.2. The van der Waals surface area contributed by atoms with E-state index in [0.29, 0.717) is 11.5 Å². The minimum absolute atomic E-state index is 0.0399. The third-order valence-electron chi connectivity index (χ3n) is 7.00. The molecule has 0 atom stereocenters. The molecule has 10 heteroatoms. The molecule has 3 heterocycles. The van der Waals surface area contributed by atoms with Gasteiger partial charge in [0.05, 0.1) is 12.2 Å². The molecule has 0 bridgehead atoms. The van der Waals surface area contributed by atoms with Gasteiger partial charge in [-0.05, 0) is 43.7 Å². The summed E-state index contributed by atoms with van der Waals surface area (Å²) in [6, 6.07) is 7.28. The number of hydrogen-bond donors (Lipinski definition) is 0. The van der Waals surface area contributed by atoms with Crippen molar-refractivity contribution in [3.05, 3.63) is 47.0 Å². The van der Waals surface area contributed by atoms with Crippen molar-refractivity contribution in [3.63, 3.8) is 0 Å². The Kier molecular flexibility index (Phi) is 5.13. The van der Waals surface area contributed by atoms with Crippen molar-refractivity contribution in [2.45, 2.75) is 63.2 Å². The molecule has 1 aromatic carbocycles. The Labute approximate surface area is 188 Å². The summed E-state index contributed by atoms with van der Waals surface area (Å²) in [5, 5.41) is 11.2. The highest BCUT2D eigenvalue weighted by atomic mass is 19.4. The Morgan fingerprint density at radius 3 is 2.61 bits per heavy atom. The lowest BCUT2D eigenvalue weighted by Crippen LogP contribution is -2.67. The van der Waals surface area contributed by atoms with Crippen LogP contribution in [0.3, 0.4) is 0 Å². The number of amides is 2. The van der Waals surface area contributed by atoms with Crippen LogP contribution in [0.5, 0.6) is 0 Å². The smallest absolute Gasteiger partial charge is 0.389 e. The fourth-order valence-electron chi connectivity index (χ4n) is 5.41. The number of rotatable bonds is 5. The molecule has 176 valence electrons. The van der Waals surface area contributed by atoms with Gasteiger partial charge in [-0.3, -0.25) is 4.79 Å². The van der Waals surface area contributed by atoms with Crippen molar-refractivity contribution < 1.29 is 27.9 Å². The molecule has 2 aliphatic heterocycles. The van der Waals surface area contributed by atoms with Gasteiger partial charge in [-0.15, -0.1) is 0 Å². The Morgan fingerprint density at radius 2 is 1.88 bits per heavy atom. The van der Waals surface area contributed by atoms with Gasteiger partial charge >= 0.3 is 6.18 Å². The van der Waals surface area contributed by atoms with E-state index in [2.05, 4.69) is 0 Å². The van der Waals surface area contributed by atoms with Gasteiger partial charge in [-0.25, -0.2) is 4.98 Å². The summed E-state index contributed by atoms with van der Waals surface area (Å²) in [6.45, 7) is 0.419. The van der Waals surface area contributed by atoms with Gasteiger partial charge in [0.15, 0.2) is 0 Å². The molecule has 33 heavy (non-hydrogen) atoms. The average Bonchev–Trinajstić information content (AvgIpc) is 3.19. The number of hydrogen-bond acceptors (Lipinski definition) is 4. The highest BCUT2D eigenvalue weighted by molar-refractivity contribution is 6.09. The van der Waals surface area contributed by atoms with Crippen molar-refractivity contribution >= 4 is 17.7 Å². The number of nitrogens with zero attached hydrogens (tertiary/aromatic N) is 4. The topological polar surface area (TPSA) is 81.5 Å². The first kappa shape index (κ1) is 21.8. The molecule has 2 amide bonds. The van der Waals surface area contributed by atoms with Crippen LogP contribution in [-0.2, 0) is 36.1 Å². The van der Waals surface area contributed by atoms with Crippen LogP contribution >= 0.6 is 0 Å². The standard InChI is InChI=1S/C23H25F3N4O3/c24-23(25,26)10-5-11-29-18-9-4-2-7-16(18)27-19(29)12-30-17-8-3-1-6-15(17)22(20(30)31)13-28(14-22)21(32)33/h1,3,6,8H,2,4-5,7,9-14H2,(H,32,33)/p-1. The maximum Gasteiger partial charge on any atom is 0.389 e. The van der Waals surface area contributed by atoms with Gasteiger partial charge in [0, 0.05) is 37.4 Å². The number of fused-ring (bicyclic) bond motifs is 3. The van der Waals surface area contributed by atoms with E-state index in [-0.39, 0.29) is 38.5 Å². The first-order valence-electron chi connectivity index (χ1n) is 11.2. The van der Waals surface area contributed by atoms with Crippen molar-refractivity contribution in [3.8, 4) is 0 Å². The number of benzene rings is 1. The molecule has 0 saturated carbocycles. The summed E-state index contributed by atoms with van der Waals surface area (Å²) in [5.41, 5.74) is 2.41. The van der Waals surface area contributed by atoms with E-state index in [9.17, 15) is 27.9 Å². The number of carbonyl (C=O) groups is 2. The molecule has 0 unspecified atom stereocenters. The fourth-order valence-corrected chi connectivity index (χ4v) is 5.41. The van der Waals surface area contributed by atoms with Crippen LogP contribution in [0, 0.1) is 0 Å². The van der Waals surface area contributed by atoms with Crippen LogP contribution in [0.4, 0.5) is 23.7 Å². The molecule has 0 N–H and O–H groups in total. The van der Waals surface area contributed by atoms with E-state index in [4.69, 9.17) is 4.98 Å². The quantitative estimate of drug-likeness (QED) is 0.686. The fraction of sp³-hybridized carbons (Fsp3) is 0.522. The Hall–Kier alpha value is -3.04. The van der Waals surface area contributed by atoms with Crippen LogP contribution in [-0.4, -0.2) is 45.7 Å². The highest BCUT2D eigenvalue weighted by Gasteiger charge is 2.58. The van der Waals surface area contributed by atoms with E-state index in [0.717, 1.165) is 47.5 Å². The molecule has 1 fully saturated rings.